The van der Waals surface area contributed by atoms with Crippen molar-refractivity contribution in [2.24, 2.45) is 0 Å². The summed E-state index contributed by atoms with van der Waals surface area (Å²) in [6.07, 6.45) is -0.398. The molecule has 2 rings (SSSR count). The molecule has 90 valence electrons. The van der Waals surface area contributed by atoms with E-state index >= 15 is 0 Å². The number of carbonyl (C=O) groups excluding carboxylic acids is 1. The van der Waals surface area contributed by atoms with Crippen molar-refractivity contribution in [3.05, 3.63) is 47.0 Å². The summed E-state index contributed by atoms with van der Waals surface area (Å²) in [5.41, 5.74) is 2.13. The normalized spacial score (nSPS) is 20.3. The first-order valence-corrected chi connectivity index (χ1v) is 5.62. The first kappa shape index (κ1) is 10.5. The molecule has 1 aromatic rings. The first-order valence-electron chi connectivity index (χ1n) is 6.33. The molecule has 17 heavy (non-hydrogen) atoms. The topological polar surface area (TPSA) is 35.5 Å². The van der Waals surface area contributed by atoms with Crippen molar-refractivity contribution in [2.75, 3.05) is 13.2 Å². The van der Waals surface area contributed by atoms with E-state index in [2.05, 4.69) is 0 Å². The van der Waals surface area contributed by atoms with Gasteiger partial charge < -0.3 is 9.47 Å². The Morgan fingerprint density at radius 3 is 2.94 bits per heavy atom. The number of ether oxygens (including phenoxy) is 2. The van der Waals surface area contributed by atoms with Crippen molar-refractivity contribution in [3.8, 4) is 0 Å². The summed E-state index contributed by atoms with van der Waals surface area (Å²) in [7, 11) is 0. The van der Waals surface area contributed by atoms with Crippen LogP contribution in [-0.2, 0) is 14.3 Å². The van der Waals surface area contributed by atoms with E-state index < -0.39 is 6.10 Å². The van der Waals surface area contributed by atoms with E-state index in [1.165, 1.54) is 0 Å². The van der Waals surface area contributed by atoms with Gasteiger partial charge in [0.15, 0.2) is 0 Å². The highest BCUT2D eigenvalue weighted by molar-refractivity contribution is 5.91. The molecule has 0 saturated carbocycles. The van der Waals surface area contributed by atoms with Crippen LogP contribution in [0.5, 0.6) is 0 Å². The summed E-state index contributed by atoms with van der Waals surface area (Å²) in [5, 5.41) is 0. The fourth-order valence-electron chi connectivity index (χ4n) is 1.88. The number of rotatable bonds is 3. The minimum atomic E-state index is -0.398. The molecule has 0 spiro atoms. The van der Waals surface area contributed by atoms with Gasteiger partial charge in [0.2, 0.25) is 0 Å². The molecular weight excluding hydrogens is 216 g/mol. The minimum absolute atomic E-state index is 0.0669. The van der Waals surface area contributed by atoms with Crippen LogP contribution in [0.25, 0.3) is 0 Å². The second-order valence-corrected chi connectivity index (χ2v) is 3.84. The van der Waals surface area contributed by atoms with E-state index in [9.17, 15) is 4.79 Å². The van der Waals surface area contributed by atoms with Crippen molar-refractivity contribution >= 4 is 5.97 Å². The Morgan fingerprint density at radius 2 is 2.29 bits per heavy atom. The quantitative estimate of drug-likeness (QED) is 0.753. The first-order chi connectivity index (χ1) is 8.77. The Bertz CT molecular complexity index is 453. The van der Waals surface area contributed by atoms with Gasteiger partial charge in [0, 0.05) is 1.37 Å². The van der Waals surface area contributed by atoms with E-state index in [1.54, 1.807) is 6.92 Å². The van der Waals surface area contributed by atoms with Crippen LogP contribution in [0.15, 0.2) is 41.5 Å². The fourth-order valence-corrected chi connectivity index (χ4v) is 1.88. The van der Waals surface area contributed by atoms with Gasteiger partial charge in [-0.1, -0.05) is 30.3 Å². The van der Waals surface area contributed by atoms with Gasteiger partial charge in [-0.25, -0.2) is 4.79 Å². The smallest absolute Gasteiger partial charge is 0.337 e. The lowest BCUT2D eigenvalue weighted by atomic mass is 10.00. The molecule has 3 heteroatoms. The van der Waals surface area contributed by atoms with Gasteiger partial charge in [0.1, 0.15) is 6.10 Å². The Morgan fingerprint density at radius 1 is 1.53 bits per heavy atom. The van der Waals surface area contributed by atoms with Crippen LogP contribution in [-0.4, -0.2) is 19.2 Å². The summed E-state index contributed by atoms with van der Waals surface area (Å²) >= 11 is 0. The van der Waals surface area contributed by atoms with Gasteiger partial charge in [-0.05, 0) is 25.0 Å². The van der Waals surface area contributed by atoms with Crippen molar-refractivity contribution in [1.29, 1.82) is 0 Å². The van der Waals surface area contributed by atoms with Crippen LogP contribution in [0.2, 0.25) is 0 Å². The van der Waals surface area contributed by atoms with Crippen LogP contribution in [0.1, 0.15) is 26.9 Å². The maximum atomic E-state index is 12.0. The van der Waals surface area contributed by atoms with E-state index in [0.717, 1.165) is 5.56 Å². The maximum absolute atomic E-state index is 12.0. The summed E-state index contributed by atoms with van der Waals surface area (Å²) in [6, 6.07) is 9.55. The average molecular weight is 233 g/mol. The Balaban J connectivity index is 2.32. The molecule has 0 bridgehead atoms. The Labute approximate surface area is 102 Å². The van der Waals surface area contributed by atoms with E-state index in [0.29, 0.717) is 24.4 Å². The minimum Gasteiger partial charge on any atom is -0.463 e. The van der Waals surface area contributed by atoms with Crippen LogP contribution >= 0.6 is 0 Å². The average Bonchev–Trinajstić information content (AvgIpc) is 2.84. The maximum Gasteiger partial charge on any atom is 0.337 e. The third kappa shape index (κ3) is 2.39. The molecule has 0 radical (unpaired) electrons. The summed E-state index contributed by atoms with van der Waals surface area (Å²) in [5.74, 6) is -0.369. The van der Waals surface area contributed by atoms with Gasteiger partial charge in [-0.15, -0.1) is 0 Å². The Kier molecular flexibility index (Phi) is 3.19. The Hall–Kier alpha value is -1.61. The fraction of sp³-hybridized carbons (Fsp3) is 0.357. The van der Waals surface area contributed by atoms with Crippen molar-refractivity contribution in [3.63, 3.8) is 0 Å². The molecule has 1 aromatic carbocycles. The second-order valence-electron chi connectivity index (χ2n) is 3.84. The van der Waals surface area contributed by atoms with Crippen molar-refractivity contribution < 1.29 is 15.6 Å². The van der Waals surface area contributed by atoms with Crippen LogP contribution in [0.4, 0.5) is 0 Å². The standard InChI is InChI=1S/C14H16O3/c1-3-16-14(15)12-10(2)9-17-13(12)11-7-5-4-6-8-11/h4-8,13H,3,9H2,1-2H3/i2D. The molecule has 0 aromatic heterocycles. The molecule has 0 saturated heterocycles. The second kappa shape index (κ2) is 5.15. The zero-order valence-electron chi connectivity index (χ0n) is 10.8. The molecule has 1 aliphatic rings. The number of carbonyl (C=O) groups is 1. The predicted molar refractivity (Wildman–Crippen MR) is 64.5 cm³/mol. The molecule has 0 N–H and O–H groups in total. The van der Waals surface area contributed by atoms with Gasteiger partial charge >= 0.3 is 5.97 Å². The highest BCUT2D eigenvalue weighted by Gasteiger charge is 2.31. The highest BCUT2D eigenvalue weighted by Crippen LogP contribution is 2.34. The van der Waals surface area contributed by atoms with Gasteiger partial charge in [-0.2, -0.15) is 0 Å². The SMILES string of the molecule is [2H]CC1=C(C(=O)OCC)C(c2ccccc2)OC1. The molecule has 1 heterocycles. The van der Waals surface area contributed by atoms with Crippen molar-refractivity contribution in [2.45, 2.75) is 19.9 Å². The molecule has 1 unspecified atom stereocenters. The summed E-state index contributed by atoms with van der Waals surface area (Å²) < 4.78 is 18.1. The molecule has 0 amide bonds. The monoisotopic (exact) mass is 233 g/mol. The third-order valence-corrected chi connectivity index (χ3v) is 2.66. The van der Waals surface area contributed by atoms with E-state index in [4.69, 9.17) is 10.8 Å². The molecule has 0 aliphatic carbocycles. The lowest BCUT2D eigenvalue weighted by molar-refractivity contribution is -0.139. The predicted octanol–water partition coefficient (Wildman–Crippen LogP) is 2.64. The highest BCUT2D eigenvalue weighted by atomic mass is 16.5. The summed E-state index contributed by atoms with van der Waals surface area (Å²) in [6.45, 7) is 2.50. The van der Waals surface area contributed by atoms with Crippen LogP contribution in [0.3, 0.4) is 0 Å². The zero-order valence-corrected chi connectivity index (χ0v) is 9.81. The molecule has 3 nitrogen and oxygen atoms in total. The lowest BCUT2D eigenvalue weighted by Crippen LogP contribution is -2.13. The molecular formula is C14H16O3. The largest absolute Gasteiger partial charge is 0.463 e. The van der Waals surface area contributed by atoms with Gasteiger partial charge in [-0.3, -0.25) is 0 Å². The van der Waals surface area contributed by atoms with Gasteiger partial charge in [0.25, 0.3) is 0 Å². The third-order valence-electron chi connectivity index (χ3n) is 2.66. The zero-order chi connectivity index (χ0) is 13.0. The van der Waals surface area contributed by atoms with Crippen LogP contribution < -0.4 is 0 Å². The molecule has 1 aliphatic heterocycles. The van der Waals surface area contributed by atoms with Crippen molar-refractivity contribution in [1.82, 2.24) is 0 Å². The van der Waals surface area contributed by atoms with Gasteiger partial charge in [0.05, 0.1) is 18.8 Å². The molecule has 1 atom stereocenters. The summed E-state index contributed by atoms with van der Waals surface area (Å²) in [4.78, 5) is 12.0. The lowest BCUT2D eigenvalue weighted by Gasteiger charge is -2.14. The number of esters is 1. The molecule has 0 fully saturated rings. The van der Waals surface area contributed by atoms with E-state index in [-0.39, 0.29) is 12.9 Å². The number of benzene rings is 1. The number of hydrogen-bond acceptors (Lipinski definition) is 3. The van der Waals surface area contributed by atoms with Crippen LogP contribution in [0, 0.1) is 0 Å². The van der Waals surface area contributed by atoms with E-state index in [1.807, 2.05) is 30.3 Å². The number of hydrogen-bond donors (Lipinski definition) is 0.